The quantitative estimate of drug-likeness (QED) is 0.574. The third-order valence-corrected chi connectivity index (χ3v) is 3.85. The van der Waals surface area contributed by atoms with Crippen molar-refractivity contribution < 1.29 is 9.53 Å². The number of fused-ring (bicyclic) bond motifs is 1. The largest absolute Gasteiger partial charge is 0.462 e. The standard InChI is InChI=1S/C15H16ClIN2O2/c1-3-5-18-13-10-6-9(17)7-12(16)14(10)19-8-11(13)15(20)21-4-2/h6-8H,3-5H2,1-2H3,(H,18,19). The van der Waals surface area contributed by atoms with Crippen molar-refractivity contribution in [3.05, 3.63) is 32.5 Å². The van der Waals surface area contributed by atoms with Crippen molar-refractivity contribution in [3.63, 3.8) is 0 Å². The van der Waals surface area contributed by atoms with E-state index in [2.05, 4.69) is 39.8 Å². The Bertz CT molecular complexity index is 676. The third-order valence-electron chi connectivity index (χ3n) is 2.94. The lowest BCUT2D eigenvalue weighted by Gasteiger charge is -2.14. The normalized spacial score (nSPS) is 10.7. The Kier molecular flexibility index (Phi) is 5.64. The van der Waals surface area contributed by atoms with Gasteiger partial charge in [-0.3, -0.25) is 4.98 Å². The molecule has 4 nitrogen and oxygen atoms in total. The van der Waals surface area contributed by atoms with Crippen LogP contribution in [0.1, 0.15) is 30.6 Å². The first-order valence-corrected chi connectivity index (χ1v) is 8.22. The summed E-state index contributed by atoms with van der Waals surface area (Å²) in [4.78, 5) is 16.4. The van der Waals surface area contributed by atoms with Crippen LogP contribution in [-0.2, 0) is 4.74 Å². The molecule has 0 amide bonds. The minimum Gasteiger partial charge on any atom is -0.462 e. The first kappa shape index (κ1) is 16.3. The maximum absolute atomic E-state index is 12.1. The number of esters is 1. The number of aromatic nitrogens is 1. The van der Waals surface area contributed by atoms with Gasteiger partial charge in [0.05, 0.1) is 22.8 Å². The van der Waals surface area contributed by atoms with Crippen molar-refractivity contribution in [2.24, 2.45) is 0 Å². The van der Waals surface area contributed by atoms with Crippen molar-refractivity contribution in [1.82, 2.24) is 4.98 Å². The summed E-state index contributed by atoms with van der Waals surface area (Å²) >= 11 is 8.45. The number of hydrogen-bond acceptors (Lipinski definition) is 4. The van der Waals surface area contributed by atoms with Crippen molar-refractivity contribution >= 4 is 56.8 Å². The van der Waals surface area contributed by atoms with Gasteiger partial charge in [0.25, 0.3) is 0 Å². The number of pyridine rings is 1. The lowest BCUT2D eigenvalue weighted by molar-refractivity contribution is 0.0527. The highest BCUT2D eigenvalue weighted by atomic mass is 127. The van der Waals surface area contributed by atoms with E-state index in [1.807, 2.05) is 12.1 Å². The van der Waals surface area contributed by atoms with Gasteiger partial charge in [0.1, 0.15) is 5.56 Å². The molecular formula is C15H16ClIN2O2. The van der Waals surface area contributed by atoms with Crippen LogP contribution in [0, 0.1) is 3.57 Å². The summed E-state index contributed by atoms with van der Waals surface area (Å²) in [7, 11) is 0. The smallest absolute Gasteiger partial charge is 0.341 e. The number of hydrogen-bond donors (Lipinski definition) is 1. The minimum absolute atomic E-state index is 0.331. The zero-order chi connectivity index (χ0) is 15.4. The molecule has 2 rings (SSSR count). The lowest BCUT2D eigenvalue weighted by Crippen LogP contribution is -2.11. The van der Waals surface area contributed by atoms with Crippen LogP contribution in [0.5, 0.6) is 0 Å². The molecule has 0 aliphatic rings. The molecule has 112 valence electrons. The van der Waals surface area contributed by atoms with Crippen LogP contribution in [0.2, 0.25) is 5.02 Å². The number of nitrogens with one attached hydrogen (secondary N) is 1. The van der Waals surface area contributed by atoms with Crippen molar-refractivity contribution in [3.8, 4) is 0 Å². The molecule has 21 heavy (non-hydrogen) atoms. The maximum atomic E-state index is 12.1. The van der Waals surface area contributed by atoms with Gasteiger partial charge in [-0.1, -0.05) is 18.5 Å². The summed E-state index contributed by atoms with van der Waals surface area (Å²) in [6.07, 6.45) is 2.47. The van der Waals surface area contributed by atoms with E-state index in [4.69, 9.17) is 16.3 Å². The predicted molar refractivity (Wildman–Crippen MR) is 94.2 cm³/mol. The zero-order valence-electron chi connectivity index (χ0n) is 11.9. The summed E-state index contributed by atoms with van der Waals surface area (Å²) in [5, 5.41) is 4.71. The van der Waals surface area contributed by atoms with Gasteiger partial charge in [-0.25, -0.2) is 4.79 Å². The van der Waals surface area contributed by atoms with Crippen LogP contribution in [-0.4, -0.2) is 24.1 Å². The van der Waals surface area contributed by atoms with E-state index >= 15 is 0 Å². The number of anilines is 1. The van der Waals surface area contributed by atoms with Gasteiger partial charge in [-0.05, 0) is 48.1 Å². The number of halogens is 2. The Morgan fingerprint density at radius 1 is 1.43 bits per heavy atom. The topological polar surface area (TPSA) is 51.2 Å². The summed E-state index contributed by atoms with van der Waals surface area (Å²) < 4.78 is 6.10. The average Bonchev–Trinajstić information content (AvgIpc) is 2.44. The van der Waals surface area contributed by atoms with E-state index in [0.717, 1.165) is 27.6 Å². The molecule has 0 fully saturated rings. The Balaban J connectivity index is 2.66. The van der Waals surface area contributed by atoms with E-state index in [-0.39, 0.29) is 5.97 Å². The lowest BCUT2D eigenvalue weighted by atomic mass is 10.1. The number of carbonyl (C=O) groups is 1. The molecule has 0 aliphatic heterocycles. The fourth-order valence-electron chi connectivity index (χ4n) is 2.03. The van der Waals surface area contributed by atoms with Crippen LogP contribution in [0.4, 0.5) is 5.69 Å². The fraction of sp³-hybridized carbons (Fsp3) is 0.333. The van der Waals surface area contributed by atoms with Gasteiger partial charge < -0.3 is 10.1 Å². The molecule has 1 aromatic carbocycles. The van der Waals surface area contributed by atoms with Gasteiger partial charge in [0.15, 0.2) is 0 Å². The summed E-state index contributed by atoms with van der Waals surface area (Å²) in [6.45, 7) is 4.94. The Hall–Kier alpha value is -1.08. The highest BCUT2D eigenvalue weighted by molar-refractivity contribution is 14.1. The van der Waals surface area contributed by atoms with E-state index in [0.29, 0.717) is 22.7 Å². The monoisotopic (exact) mass is 418 g/mol. The van der Waals surface area contributed by atoms with Gasteiger partial charge in [-0.2, -0.15) is 0 Å². The van der Waals surface area contributed by atoms with Crippen LogP contribution in [0.15, 0.2) is 18.3 Å². The van der Waals surface area contributed by atoms with Gasteiger partial charge in [0, 0.05) is 21.7 Å². The maximum Gasteiger partial charge on any atom is 0.341 e. The predicted octanol–water partition coefficient (Wildman–Crippen LogP) is 4.49. The highest BCUT2D eigenvalue weighted by Gasteiger charge is 2.17. The van der Waals surface area contributed by atoms with Crippen molar-refractivity contribution in [2.75, 3.05) is 18.5 Å². The van der Waals surface area contributed by atoms with E-state index in [9.17, 15) is 4.79 Å². The van der Waals surface area contributed by atoms with Gasteiger partial charge in [0.2, 0.25) is 0 Å². The van der Waals surface area contributed by atoms with E-state index in [1.165, 1.54) is 6.20 Å². The van der Waals surface area contributed by atoms with Crippen LogP contribution < -0.4 is 5.32 Å². The van der Waals surface area contributed by atoms with Crippen LogP contribution >= 0.6 is 34.2 Å². The van der Waals surface area contributed by atoms with Gasteiger partial charge in [-0.15, -0.1) is 0 Å². The molecule has 0 saturated heterocycles. The molecule has 6 heteroatoms. The van der Waals surface area contributed by atoms with Crippen LogP contribution in [0.25, 0.3) is 10.9 Å². The van der Waals surface area contributed by atoms with E-state index in [1.54, 1.807) is 6.92 Å². The first-order chi connectivity index (χ1) is 10.1. The molecule has 1 aromatic heterocycles. The van der Waals surface area contributed by atoms with Crippen molar-refractivity contribution in [2.45, 2.75) is 20.3 Å². The molecule has 0 radical (unpaired) electrons. The molecule has 0 bridgehead atoms. The fourth-order valence-corrected chi connectivity index (χ4v) is 3.11. The summed E-state index contributed by atoms with van der Waals surface area (Å²) in [5.74, 6) is -0.375. The number of nitrogens with zero attached hydrogens (tertiary/aromatic N) is 1. The molecule has 2 aromatic rings. The molecule has 0 spiro atoms. The number of rotatable bonds is 5. The summed E-state index contributed by atoms with van der Waals surface area (Å²) in [5.41, 5.74) is 1.86. The second-order valence-corrected chi connectivity index (χ2v) is 6.13. The molecule has 0 unspecified atom stereocenters. The minimum atomic E-state index is -0.375. The molecule has 1 heterocycles. The van der Waals surface area contributed by atoms with Crippen molar-refractivity contribution in [1.29, 1.82) is 0 Å². The number of benzene rings is 1. The Morgan fingerprint density at radius 3 is 2.86 bits per heavy atom. The number of ether oxygens (including phenoxy) is 1. The third kappa shape index (κ3) is 3.58. The zero-order valence-corrected chi connectivity index (χ0v) is 14.8. The highest BCUT2D eigenvalue weighted by Crippen LogP contribution is 2.32. The molecule has 0 atom stereocenters. The summed E-state index contributed by atoms with van der Waals surface area (Å²) in [6, 6.07) is 3.82. The van der Waals surface area contributed by atoms with Crippen LogP contribution in [0.3, 0.4) is 0 Å². The SMILES string of the molecule is CCCNc1c(C(=O)OCC)cnc2c(Cl)cc(I)cc12. The Morgan fingerprint density at radius 2 is 2.19 bits per heavy atom. The second-order valence-electron chi connectivity index (χ2n) is 4.48. The molecular weight excluding hydrogens is 403 g/mol. The molecule has 0 saturated carbocycles. The van der Waals surface area contributed by atoms with Gasteiger partial charge >= 0.3 is 5.97 Å². The second kappa shape index (κ2) is 7.26. The number of carbonyl (C=O) groups excluding carboxylic acids is 1. The molecule has 0 aliphatic carbocycles. The first-order valence-electron chi connectivity index (χ1n) is 6.77. The molecule has 1 N–H and O–H groups in total. The Labute approximate surface area is 142 Å². The average molecular weight is 419 g/mol. The van der Waals surface area contributed by atoms with E-state index < -0.39 is 0 Å².